The van der Waals surface area contributed by atoms with E-state index in [-0.39, 0.29) is 5.56 Å². The third-order valence-electron chi connectivity index (χ3n) is 3.42. The molecule has 2 rings (SSSR count). The first-order valence-corrected chi connectivity index (χ1v) is 5.91. The van der Waals surface area contributed by atoms with Crippen LogP contribution in [-0.4, -0.2) is 19.4 Å². The lowest BCUT2D eigenvalue weighted by Gasteiger charge is -2.26. The Morgan fingerprint density at radius 3 is 2.44 bits per heavy atom. The van der Waals surface area contributed by atoms with Gasteiger partial charge in [0.25, 0.3) is 0 Å². The van der Waals surface area contributed by atoms with E-state index >= 15 is 0 Å². The number of hydrogen-bond donors (Lipinski definition) is 1. The smallest absolute Gasteiger partial charge is 0.308 e. The van der Waals surface area contributed by atoms with Gasteiger partial charge in [-0.25, -0.2) is 8.78 Å². The number of alkyl halides is 4. The summed E-state index contributed by atoms with van der Waals surface area (Å²) in [6, 6.07) is 3.26. The number of rotatable bonds is 4. The molecule has 0 heterocycles. The van der Waals surface area contributed by atoms with Crippen molar-refractivity contribution in [2.75, 3.05) is 7.05 Å². The lowest BCUT2D eigenvalue weighted by molar-refractivity contribution is -0.150. The summed E-state index contributed by atoms with van der Waals surface area (Å²) in [7, 11) is 1.27. The Morgan fingerprint density at radius 2 is 1.83 bits per heavy atom. The third-order valence-corrected chi connectivity index (χ3v) is 3.42. The lowest BCUT2D eigenvalue weighted by atomic mass is 9.97. The topological polar surface area (TPSA) is 12.0 Å². The molecule has 1 aromatic carbocycles. The minimum absolute atomic E-state index is 0.225. The summed E-state index contributed by atoms with van der Waals surface area (Å²) in [5, 5.41) is 2.30. The van der Waals surface area contributed by atoms with E-state index in [2.05, 4.69) is 5.32 Å². The molecule has 5 heteroatoms. The van der Waals surface area contributed by atoms with Gasteiger partial charge in [0.2, 0.25) is 0 Å². The fourth-order valence-corrected chi connectivity index (χ4v) is 2.48. The van der Waals surface area contributed by atoms with Crippen molar-refractivity contribution >= 4 is 0 Å². The highest BCUT2D eigenvalue weighted by molar-refractivity contribution is 5.37. The average Bonchev–Trinajstić information content (AvgIpc) is 2.76. The molecule has 1 nitrogen and oxygen atoms in total. The summed E-state index contributed by atoms with van der Waals surface area (Å²) in [4.78, 5) is 0. The first kappa shape index (κ1) is 13.3. The summed E-state index contributed by atoms with van der Waals surface area (Å²) < 4.78 is 51.7. The first-order valence-electron chi connectivity index (χ1n) is 5.91. The second-order valence-corrected chi connectivity index (χ2v) is 4.58. The Hall–Kier alpha value is -1.10. The molecule has 0 amide bonds. The van der Waals surface area contributed by atoms with Crippen LogP contribution in [0, 0.1) is 0 Å². The number of hydrogen-bond acceptors (Lipinski definition) is 1. The van der Waals surface area contributed by atoms with E-state index in [1.54, 1.807) is 12.1 Å². The van der Waals surface area contributed by atoms with E-state index < -0.39 is 18.4 Å². The first-order chi connectivity index (χ1) is 8.46. The Morgan fingerprint density at radius 1 is 1.17 bits per heavy atom. The van der Waals surface area contributed by atoms with Gasteiger partial charge in [-0.05, 0) is 43.0 Å². The van der Waals surface area contributed by atoms with E-state index in [0.717, 1.165) is 30.4 Å². The van der Waals surface area contributed by atoms with Gasteiger partial charge in [0.15, 0.2) is 0 Å². The van der Waals surface area contributed by atoms with Crippen LogP contribution >= 0.6 is 0 Å². The highest BCUT2D eigenvalue weighted by Gasteiger charge is 2.48. The maximum atomic E-state index is 13.4. The second-order valence-electron chi connectivity index (χ2n) is 4.58. The quantitative estimate of drug-likeness (QED) is 0.820. The van der Waals surface area contributed by atoms with E-state index in [1.807, 2.05) is 0 Å². The SMILES string of the molecule is CNC(c1ccc2c(c1)CCC2)C(F)(F)C(F)F. The van der Waals surface area contributed by atoms with Crippen LogP contribution in [0.2, 0.25) is 0 Å². The zero-order valence-electron chi connectivity index (χ0n) is 10.0. The molecule has 0 saturated carbocycles. The molecule has 0 radical (unpaired) electrons. The van der Waals surface area contributed by atoms with E-state index in [0.29, 0.717) is 0 Å². The molecule has 1 aliphatic rings. The number of nitrogens with one attached hydrogen (secondary N) is 1. The predicted molar refractivity (Wildman–Crippen MR) is 61.2 cm³/mol. The van der Waals surface area contributed by atoms with Gasteiger partial charge in [0, 0.05) is 0 Å². The maximum absolute atomic E-state index is 13.4. The predicted octanol–water partition coefficient (Wildman–Crippen LogP) is 3.34. The highest BCUT2D eigenvalue weighted by atomic mass is 19.3. The molecule has 0 aromatic heterocycles. The van der Waals surface area contributed by atoms with E-state index in [9.17, 15) is 17.6 Å². The van der Waals surface area contributed by atoms with Crippen molar-refractivity contribution < 1.29 is 17.6 Å². The summed E-state index contributed by atoms with van der Waals surface area (Å²) in [5.74, 6) is -4.07. The number of halogens is 4. The summed E-state index contributed by atoms with van der Waals surface area (Å²) >= 11 is 0. The molecule has 0 spiro atoms. The van der Waals surface area contributed by atoms with Gasteiger partial charge < -0.3 is 5.32 Å². The van der Waals surface area contributed by atoms with Crippen molar-refractivity contribution in [2.24, 2.45) is 0 Å². The third kappa shape index (κ3) is 2.23. The monoisotopic (exact) mass is 261 g/mol. The molecule has 0 bridgehead atoms. The number of fused-ring (bicyclic) bond motifs is 1. The molecular formula is C13H15F4N. The summed E-state index contributed by atoms with van der Waals surface area (Å²) in [6.07, 6.45) is -0.915. The zero-order chi connectivity index (χ0) is 13.3. The molecule has 100 valence electrons. The molecule has 0 saturated heterocycles. The van der Waals surface area contributed by atoms with Gasteiger partial charge in [-0.15, -0.1) is 0 Å². The Labute approximate surface area is 103 Å². The van der Waals surface area contributed by atoms with Crippen LogP contribution in [0.3, 0.4) is 0 Å². The summed E-state index contributed by atoms with van der Waals surface area (Å²) in [6.45, 7) is 0. The summed E-state index contributed by atoms with van der Waals surface area (Å²) in [5.41, 5.74) is 2.36. The highest BCUT2D eigenvalue weighted by Crippen LogP contribution is 2.37. The van der Waals surface area contributed by atoms with Gasteiger partial charge in [-0.3, -0.25) is 0 Å². The van der Waals surface area contributed by atoms with Crippen LogP contribution in [0.15, 0.2) is 18.2 Å². The minimum atomic E-state index is -4.07. The van der Waals surface area contributed by atoms with Gasteiger partial charge in [0.05, 0.1) is 0 Å². The van der Waals surface area contributed by atoms with Gasteiger partial charge >= 0.3 is 12.3 Å². The largest absolute Gasteiger partial charge is 0.326 e. The Balaban J connectivity index is 2.33. The molecule has 1 unspecified atom stereocenters. The molecule has 0 fully saturated rings. The number of benzene rings is 1. The van der Waals surface area contributed by atoms with Crippen molar-refractivity contribution in [1.82, 2.24) is 5.32 Å². The van der Waals surface area contributed by atoms with Crippen LogP contribution < -0.4 is 5.32 Å². The zero-order valence-corrected chi connectivity index (χ0v) is 10.0. The van der Waals surface area contributed by atoms with E-state index in [1.165, 1.54) is 13.1 Å². The lowest BCUT2D eigenvalue weighted by Crippen LogP contribution is -2.41. The molecule has 1 N–H and O–H groups in total. The molecule has 1 aliphatic carbocycles. The van der Waals surface area contributed by atoms with Crippen molar-refractivity contribution in [3.63, 3.8) is 0 Å². The van der Waals surface area contributed by atoms with Gasteiger partial charge in [0.1, 0.15) is 6.04 Å². The van der Waals surface area contributed by atoms with Crippen LogP contribution in [0.1, 0.15) is 29.2 Å². The molecule has 1 aromatic rings. The van der Waals surface area contributed by atoms with Crippen molar-refractivity contribution in [3.8, 4) is 0 Å². The van der Waals surface area contributed by atoms with E-state index in [4.69, 9.17) is 0 Å². The van der Waals surface area contributed by atoms with Crippen LogP contribution in [0.25, 0.3) is 0 Å². The second kappa shape index (κ2) is 4.88. The van der Waals surface area contributed by atoms with Crippen LogP contribution in [0.4, 0.5) is 17.6 Å². The Bertz CT molecular complexity index is 431. The number of aryl methyl sites for hydroxylation is 2. The standard InChI is InChI=1S/C13H15F4N/c1-18-11(13(16,17)12(14)15)10-6-5-8-3-2-4-9(8)7-10/h5-7,11-12,18H,2-4H2,1H3. The molecule has 0 aliphatic heterocycles. The molecule has 1 atom stereocenters. The molecule has 18 heavy (non-hydrogen) atoms. The normalized spacial score (nSPS) is 17.0. The Kier molecular flexibility index (Phi) is 3.61. The van der Waals surface area contributed by atoms with Crippen LogP contribution in [0.5, 0.6) is 0 Å². The van der Waals surface area contributed by atoms with Crippen molar-refractivity contribution in [2.45, 2.75) is 37.7 Å². The van der Waals surface area contributed by atoms with Crippen LogP contribution in [-0.2, 0) is 12.8 Å². The molecular weight excluding hydrogens is 246 g/mol. The van der Waals surface area contributed by atoms with Crippen molar-refractivity contribution in [1.29, 1.82) is 0 Å². The fourth-order valence-electron chi connectivity index (χ4n) is 2.48. The minimum Gasteiger partial charge on any atom is -0.308 e. The maximum Gasteiger partial charge on any atom is 0.326 e. The fraction of sp³-hybridized carbons (Fsp3) is 0.538. The average molecular weight is 261 g/mol. The van der Waals surface area contributed by atoms with Gasteiger partial charge in [-0.2, -0.15) is 8.78 Å². The van der Waals surface area contributed by atoms with Crippen molar-refractivity contribution in [3.05, 3.63) is 34.9 Å². The van der Waals surface area contributed by atoms with Gasteiger partial charge in [-0.1, -0.05) is 18.2 Å².